The van der Waals surface area contributed by atoms with Crippen LogP contribution in [0.1, 0.15) is 71.1 Å². The summed E-state index contributed by atoms with van der Waals surface area (Å²) >= 11 is 14.3. The molecule has 1 N–H and O–H groups in total. The third kappa shape index (κ3) is 4.37. The summed E-state index contributed by atoms with van der Waals surface area (Å²) in [5, 5.41) is 17.5. The smallest absolute Gasteiger partial charge is 0.151 e. The normalized spacial score (nSPS) is 22.2. The highest BCUT2D eigenvalue weighted by atomic mass is 35.5. The molecule has 4 aromatic rings. The van der Waals surface area contributed by atoms with Crippen molar-refractivity contribution in [1.82, 2.24) is 10.1 Å². The predicted molar refractivity (Wildman–Crippen MR) is 140 cm³/mol. The maximum Gasteiger partial charge on any atom is 0.151 e. The highest BCUT2D eigenvalue weighted by molar-refractivity contribution is 7.19. The number of aliphatic hydroxyl groups is 1. The van der Waals surface area contributed by atoms with Crippen LogP contribution in [0.2, 0.25) is 10.0 Å². The van der Waals surface area contributed by atoms with Gasteiger partial charge in [0.05, 0.1) is 33.0 Å². The van der Waals surface area contributed by atoms with E-state index < -0.39 is 5.60 Å². The molecule has 0 aliphatic heterocycles. The number of hydrogen-bond acceptors (Lipinski definition) is 7. The largest absolute Gasteiger partial charge is 0.383 e. The zero-order chi connectivity index (χ0) is 24.9. The van der Waals surface area contributed by atoms with Crippen LogP contribution in [0.25, 0.3) is 21.5 Å². The average molecular weight is 543 g/mol. The van der Waals surface area contributed by atoms with Gasteiger partial charge in [0.2, 0.25) is 0 Å². The van der Waals surface area contributed by atoms with Crippen LogP contribution in [0.5, 0.6) is 0 Å². The van der Waals surface area contributed by atoms with Crippen molar-refractivity contribution >= 4 is 51.0 Å². The highest BCUT2D eigenvalue weighted by Crippen LogP contribution is 2.47. The van der Waals surface area contributed by atoms with Crippen molar-refractivity contribution in [3.63, 3.8) is 0 Å². The Kier molecular flexibility index (Phi) is 6.38. The van der Waals surface area contributed by atoms with E-state index in [1.807, 2.05) is 12.1 Å². The summed E-state index contributed by atoms with van der Waals surface area (Å²) < 4.78 is 12.9. The van der Waals surface area contributed by atoms with Gasteiger partial charge in [-0.3, -0.25) is 4.79 Å². The van der Waals surface area contributed by atoms with Crippen molar-refractivity contribution in [3.05, 3.63) is 68.3 Å². The lowest BCUT2D eigenvalue weighted by atomic mass is 9.83. The summed E-state index contributed by atoms with van der Waals surface area (Å²) in [4.78, 5) is 16.0. The topological polar surface area (TPSA) is 85.5 Å². The molecule has 0 bridgehead atoms. The van der Waals surface area contributed by atoms with E-state index in [1.165, 1.54) is 11.3 Å². The molecular formula is C27H24Cl2N2O4S. The van der Waals surface area contributed by atoms with Gasteiger partial charge >= 0.3 is 0 Å². The van der Waals surface area contributed by atoms with Crippen molar-refractivity contribution in [2.75, 3.05) is 0 Å². The van der Waals surface area contributed by atoms with Crippen LogP contribution in [-0.2, 0) is 16.9 Å². The highest BCUT2D eigenvalue weighted by Gasteiger charge is 2.39. The maximum atomic E-state index is 11.4. The van der Waals surface area contributed by atoms with Gasteiger partial charge in [0, 0.05) is 22.6 Å². The Balaban J connectivity index is 1.18. The number of aldehydes is 1. The molecule has 186 valence electrons. The van der Waals surface area contributed by atoms with E-state index in [9.17, 15) is 9.90 Å². The molecule has 2 aliphatic carbocycles. The van der Waals surface area contributed by atoms with Crippen molar-refractivity contribution in [3.8, 4) is 11.3 Å². The van der Waals surface area contributed by atoms with Gasteiger partial charge < -0.3 is 14.4 Å². The molecule has 2 aliphatic rings. The summed E-state index contributed by atoms with van der Waals surface area (Å²) in [6.07, 6.45) is 5.43. The first kappa shape index (κ1) is 24.1. The summed E-state index contributed by atoms with van der Waals surface area (Å²) in [5.74, 6) is 1.21. The van der Waals surface area contributed by atoms with Crippen LogP contribution < -0.4 is 0 Å². The fourth-order valence-electron chi connectivity index (χ4n) is 4.96. The average Bonchev–Trinajstić information content (AvgIpc) is 3.48. The van der Waals surface area contributed by atoms with Crippen molar-refractivity contribution in [1.29, 1.82) is 0 Å². The number of rotatable bonds is 7. The number of fused-ring (bicyclic) bond motifs is 1. The first-order valence-corrected chi connectivity index (χ1v) is 13.7. The van der Waals surface area contributed by atoms with E-state index in [0.29, 0.717) is 70.1 Å². The molecule has 6 rings (SSSR count). The Labute approximate surface area is 222 Å². The van der Waals surface area contributed by atoms with E-state index in [-0.39, 0.29) is 6.10 Å². The van der Waals surface area contributed by atoms with Crippen LogP contribution in [-0.4, -0.2) is 27.6 Å². The molecule has 0 amide bonds. The lowest BCUT2D eigenvalue weighted by Crippen LogP contribution is -2.34. The molecule has 6 nitrogen and oxygen atoms in total. The van der Waals surface area contributed by atoms with Crippen molar-refractivity contribution in [2.45, 2.75) is 62.8 Å². The molecule has 9 heteroatoms. The maximum absolute atomic E-state index is 11.4. The minimum atomic E-state index is -1.02. The van der Waals surface area contributed by atoms with Gasteiger partial charge in [0.15, 0.2) is 6.29 Å². The van der Waals surface area contributed by atoms with E-state index in [4.69, 9.17) is 32.5 Å². The van der Waals surface area contributed by atoms with Crippen LogP contribution in [0, 0.1) is 0 Å². The van der Waals surface area contributed by atoms with Crippen molar-refractivity contribution < 1.29 is 19.2 Å². The number of thiazole rings is 1. The molecule has 2 saturated carbocycles. The second kappa shape index (κ2) is 9.54. The molecule has 0 saturated heterocycles. The Bertz CT molecular complexity index is 1420. The third-order valence-electron chi connectivity index (χ3n) is 7.16. The Morgan fingerprint density at radius 1 is 1.11 bits per heavy atom. The second-order valence-corrected chi connectivity index (χ2v) is 11.4. The molecule has 2 heterocycles. The first-order chi connectivity index (χ1) is 17.5. The molecule has 0 atom stereocenters. The van der Waals surface area contributed by atoms with E-state index >= 15 is 0 Å². The molecular weight excluding hydrogens is 519 g/mol. The molecule has 2 aromatic heterocycles. The number of nitrogens with zero attached hydrogens (tertiary/aromatic N) is 2. The molecule has 0 unspecified atom stereocenters. The van der Waals surface area contributed by atoms with E-state index in [1.54, 1.807) is 24.3 Å². The lowest BCUT2D eigenvalue weighted by Gasteiger charge is -2.34. The lowest BCUT2D eigenvalue weighted by molar-refractivity contribution is -0.0640. The fourth-order valence-corrected chi connectivity index (χ4v) is 6.72. The number of hydrogen-bond donors (Lipinski definition) is 1. The zero-order valence-corrected chi connectivity index (χ0v) is 21.7. The van der Waals surface area contributed by atoms with Gasteiger partial charge in [-0.25, -0.2) is 4.98 Å². The summed E-state index contributed by atoms with van der Waals surface area (Å²) in [5.41, 5.74) is 2.54. The Morgan fingerprint density at radius 2 is 1.83 bits per heavy atom. The summed E-state index contributed by atoms with van der Waals surface area (Å²) in [6.45, 7) is 0.346. The minimum Gasteiger partial charge on any atom is -0.383 e. The van der Waals surface area contributed by atoms with Crippen LogP contribution >= 0.6 is 34.5 Å². The molecule has 0 spiro atoms. The standard InChI is InChI=1S/C27H24Cl2N2O4S/c28-19-4-2-5-20(29)22(19)23-18(24(35-31-23)15-7-8-15)14-34-17-9-11-27(33,12-10-17)26-30-21-6-1-3-16(13-32)25(21)36-26/h1-6,13,15,17,33H,7-12,14H2. The number of benzene rings is 2. The zero-order valence-electron chi connectivity index (χ0n) is 19.4. The van der Waals surface area contributed by atoms with Gasteiger partial charge in [-0.2, -0.15) is 0 Å². The van der Waals surface area contributed by atoms with E-state index in [2.05, 4.69) is 10.1 Å². The van der Waals surface area contributed by atoms with Gasteiger partial charge in [0.1, 0.15) is 22.1 Å². The summed E-state index contributed by atoms with van der Waals surface area (Å²) in [6, 6.07) is 10.9. The SMILES string of the molecule is O=Cc1cccc2nc(C3(O)CCC(OCc4c(-c5c(Cl)cccc5Cl)noc4C4CC4)CC3)sc12. The quantitative estimate of drug-likeness (QED) is 0.246. The van der Waals surface area contributed by atoms with Gasteiger partial charge in [0.25, 0.3) is 0 Å². The summed E-state index contributed by atoms with van der Waals surface area (Å²) in [7, 11) is 0. The number of halogens is 2. The molecule has 0 radical (unpaired) electrons. The Morgan fingerprint density at radius 3 is 2.53 bits per heavy atom. The number of aromatic nitrogens is 2. The minimum absolute atomic E-state index is 0.0123. The fraction of sp³-hybridized carbons (Fsp3) is 0.370. The molecule has 2 fully saturated rings. The molecule has 36 heavy (non-hydrogen) atoms. The second-order valence-electron chi connectivity index (χ2n) is 9.62. The third-order valence-corrected chi connectivity index (χ3v) is 9.10. The van der Waals surface area contributed by atoms with E-state index in [0.717, 1.165) is 40.7 Å². The Hall–Kier alpha value is -2.29. The van der Waals surface area contributed by atoms with Crippen LogP contribution in [0.3, 0.4) is 0 Å². The van der Waals surface area contributed by atoms with Crippen LogP contribution in [0.15, 0.2) is 40.9 Å². The number of ether oxygens (including phenoxy) is 1. The van der Waals surface area contributed by atoms with Gasteiger partial charge in [-0.1, -0.05) is 46.6 Å². The van der Waals surface area contributed by atoms with Gasteiger partial charge in [-0.05, 0) is 56.7 Å². The van der Waals surface area contributed by atoms with Gasteiger partial charge in [-0.15, -0.1) is 11.3 Å². The van der Waals surface area contributed by atoms with Crippen molar-refractivity contribution in [2.24, 2.45) is 0 Å². The van der Waals surface area contributed by atoms with Crippen LogP contribution in [0.4, 0.5) is 0 Å². The molecule has 2 aromatic carbocycles. The number of carbonyl (C=O) groups is 1. The first-order valence-electron chi connectivity index (χ1n) is 12.1. The predicted octanol–water partition coefficient (Wildman–Crippen LogP) is 7.30. The monoisotopic (exact) mass is 542 g/mol. The number of carbonyl (C=O) groups excluding carboxylic acids is 1.